The lowest BCUT2D eigenvalue weighted by Gasteiger charge is -2.20. The average molecular weight is 260 g/mol. The minimum atomic E-state index is -0.319. The quantitative estimate of drug-likeness (QED) is 0.899. The van der Waals surface area contributed by atoms with Gasteiger partial charge in [0.15, 0.2) is 0 Å². The molecule has 3 rings (SSSR count). The van der Waals surface area contributed by atoms with Gasteiger partial charge in [0.1, 0.15) is 11.6 Å². The number of halogens is 2. The molecule has 1 aliphatic rings. The maximum Gasteiger partial charge on any atom is 0.147 e. The van der Waals surface area contributed by atoms with Crippen LogP contribution in [0, 0.1) is 11.6 Å². The molecule has 0 saturated carbocycles. The Bertz CT molecular complexity index is 626. The number of nitrogens with two attached hydrogens (primary N) is 1. The Kier molecular flexibility index (Phi) is 2.95. The highest BCUT2D eigenvalue weighted by Crippen LogP contribution is 2.36. The van der Waals surface area contributed by atoms with Crippen molar-refractivity contribution in [3.63, 3.8) is 0 Å². The van der Waals surface area contributed by atoms with Crippen LogP contribution in [-0.2, 0) is 13.0 Å². The summed E-state index contributed by atoms with van der Waals surface area (Å²) in [5, 5.41) is 0. The summed E-state index contributed by atoms with van der Waals surface area (Å²) in [4.78, 5) is 1.81. The van der Waals surface area contributed by atoms with E-state index in [1.165, 1.54) is 18.2 Å². The topological polar surface area (TPSA) is 29.3 Å². The Morgan fingerprint density at radius 3 is 2.63 bits per heavy atom. The van der Waals surface area contributed by atoms with Crippen LogP contribution < -0.4 is 10.6 Å². The minimum Gasteiger partial charge on any atom is -0.338 e. The fourth-order valence-electron chi connectivity index (χ4n) is 2.50. The Morgan fingerprint density at radius 1 is 1.05 bits per heavy atom. The van der Waals surface area contributed by atoms with Crippen LogP contribution in [0.1, 0.15) is 11.1 Å². The smallest absolute Gasteiger partial charge is 0.147 e. The molecule has 0 fully saturated rings. The van der Waals surface area contributed by atoms with Crippen LogP contribution >= 0.6 is 0 Å². The molecule has 0 aliphatic carbocycles. The van der Waals surface area contributed by atoms with E-state index in [2.05, 4.69) is 0 Å². The molecular weight excluding hydrogens is 246 g/mol. The summed E-state index contributed by atoms with van der Waals surface area (Å²) in [5.74, 6) is -0.621. The van der Waals surface area contributed by atoms with E-state index in [9.17, 15) is 8.78 Å². The fraction of sp³-hybridized carbons (Fsp3) is 0.200. The van der Waals surface area contributed by atoms with Crippen molar-refractivity contribution in [2.24, 2.45) is 5.73 Å². The predicted molar refractivity (Wildman–Crippen MR) is 71.4 cm³/mol. The third-order valence-electron chi connectivity index (χ3n) is 3.48. The Labute approximate surface area is 110 Å². The number of anilines is 2. The second kappa shape index (κ2) is 4.63. The number of hydrogen-bond donors (Lipinski definition) is 1. The van der Waals surface area contributed by atoms with Gasteiger partial charge in [-0.05, 0) is 41.8 Å². The molecule has 19 heavy (non-hydrogen) atoms. The lowest BCUT2D eigenvalue weighted by molar-refractivity contribution is 0.621. The number of hydrogen-bond acceptors (Lipinski definition) is 2. The first-order chi connectivity index (χ1) is 9.19. The third-order valence-corrected chi connectivity index (χ3v) is 3.48. The molecule has 1 aliphatic heterocycles. The normalized spacial score (nSPS) is 13.7. The summed E-state index contributed by atoms with van der Waals surface area (Å²) in [7, 11) is 0. The van der Waals surface area contributed by atoms with Crippen LogP contribution in [0.25, 0.3) is 0 Å². The largest absolute Gasteiger partial charge is 0.338 e. The first-order valence-electron chi connectivity index (χ1n) is 6.23. The highest BCUT2D eigenvalue weighted by atomic mass is 19.1. The zero-order chi connectivity index (χ0) is 13.4. The first kappa shape index (κ1) is 12.1. The van der Waals surface area contributed by atoms with Gasteiger partial charge in [-0.15, -0.1) is 0 Å². The molecule has 0 radical (unpaired) electrons. The van der Waals surface area contributed by atoms with Crippen molar-refractivity contribution in [1.82, 2.24) is 0 Å². The number of benzene rings is 2. The van der Waals surface area contributed by atoms with E-state index in [1.807, 2.05) is 4.90 Å². The summed E-state index contributed by atoms with van der Waals surface area (Å²) >= 11 is 0. The summed E-state index contributed by atoms with van der Waals surface area (Å²) in [6, 6.07) is 9.60. The van der Waals surface area contributed by atoms with Crippen molar-refractivity contribution in [2.75, 3.05) is 11.4 Å². The van der Waals surface area contributed by atoms with Crippen LogP contribution in [-0.4, -0.2) is 6.54 Å². The molecule has 0 unspecified atom stereocenters. The number of rotatable bonds is 2. The van der Waals surface area contributed by atoms with E-state index in [4.69, 9.17) is 5.73 Å². The zero-order valence-corrected chi connectivity index (χ0v) is 10.4. The van der Waals surface area contributed by atoms with E-state index in [1.54, 1.807) is 18.2 Å². The fourth-order valence-corrected chi connectivity index (χ4v) is 2.50. The van der Waals surface area contributed by atoms with Gasteiger partial charge in [0.2, 0.25) is 0 Å². The van der Waals surface area contributed by atoms with Crippen molar-refractivity contribution in [2.45, 2.75) is 13.0 Å². The molecule has 2 aromatic rings. The zero-order valence-electron chi connectivity index (χ0n) is 10.4. The summed E-state index contributed by atoms with van der Waals surface area (Å²) in [6.07, 6.45) is 0.799. The van der Waals surface area contributed by atoms with E-state index >= 15 is 0 Å². The number of nitrogens with zero attached hydrogens (tertiary/aromatic N) is 1. The maximum atomic E-state index is 14.1. The molecule has 0 amide bonds. The molecule has 0 atom stereocenters. The molecule has 0 aromatic heterocycles. The highest BCUT2D eigenvalue weighted by Gasteiger charge is 2.23. The minimum absolute atomic E-state index is 0.301. The molecule has 2 aromatic carbocycles. The van der Waals surface area contributed by atoms with Crippen molar-refractivity contribution in [3.05, 3.63) is 59.2 Å². The van der Waals surface area contributed by atoms with Gasteiger partial charge in [-0.3, -0.25) is 0 Å². The van der Waals surface area contributed by atoms with Crippen LogP contribution in [0.2, 0.25) is 0 Å². The lowest BCUT2D eigenvalue weighted by atomic mass is 10.1. The van der Waals surface area contributed by atoms with E-state index < -0.39 is 0 Å². The van der Waals surface area contributed by atoms with Gasteiger partial charge in [0.25, 0.3) is 0 Å². The molecule has 0 saturated heterocycles. The van der Waals surface area contributed by atoms with Gasteiger partial charge in [-0.1, -0.05) is 12.1 Å². The van der Waals surface area contributed by atoms with Crippen molar-refractivity contribution in [3.8, 4) is 0 Å². The van der Waals surface area contributed by atoms with Gasteiger partial charge in [0, 0.05) is 18.8 Å². The molecule has 1 heterocycles. The van der Waals surface area contributed by atoms with Crippen LogP contribution in [0.4, 0.5) is 20.2 Å². The van der Waals surface area contributed by atoms with Crippen molar-refractivity contribution >= 4 is 11.4 Å². The summed E-state index contributed by atoms with van der Waals surface area (Å²) < 4.78 is 27.4. The first-order valence-corrected chi connectivity index (χ1v) is 6.23. The van der Waals surface area contributed by atoms with Crippen LogP contribution in [0.5, 0.6) is 0 Å². The van der Waals surface area contributed by atoms with Gasteiger partial charge in [0.05, 0.1) is 5.69 Å². The Balaban J connectivity index is 2.04. The Hall–Kier alpha value is -1.94. The SMILES string of the molecule is NCc1ccc(N2CCc3ccc(F)cc32)c(F)c1. The molecule has 98 valence electrons. The molecule has 0 spiro atoms. The summed E-state index contributed by atoms with van der Waals surface area (Å²) in [6.45, 7) is 0.972. The predicted octanol–water partition coefficient (Wildman–Crippen LogP) is 3.12. The molecule has 0 bridgehead atoms. The van der Waals surface area contributed by atoms with E-state index in [-0.39, 0.29) is 11.6 Å². The van der Waals surface area contributed by atoms with Crippen molar-refractivity contribution in [1.29, 1.82) is 0 Å². The number of fused-ring (bicyclic) bond motifs is 1. The molecular formula is C15H14F2N2. The van der Waals surface area contributed by atoms with E-state index in [0.717, 1.165) is 23.2 Å². The molecule has 4 heteroatoms. The van der Waals surface area contributed by atoms with Gasteiger partial charge in [-0.25, -0.2) is 8.78 Å². The maximum absolute atomic E-state index is 14.1. The standard InChI is InChI=1S/C15H14F2N2/c16-12-3-2-11-5-6-19(15(11)8-12)14-4-1-10(9-18)7-13(14)17/h1-4,7-8H,5-6,9,18H2. The van der Waals surface area contributed by atoms with Crippen molar-refractivity contribution < 1.29 is 8.78 Å². The van der Waals surface area contributed by atoms with Crippen LogP contribution in [0.3, 0.4) is 0 Å². The monoisotopic (exact) mass is 260 g/mol. The van der Waals surface area contributed by atoms with Crippen LogP contribution in [0.15, 0.2) is 36.4 Å². The van der Waals surface area contributed by atoms with Gasteiger partial charge >= 0.3 is 0 Å². The molecule has 2 N–H and O–H groups in total. The lowest BCUT2D eigenvalue weighted by Crippen LogP contribution is -2.15. The average Bonchev–Trinajstić information content (AvgIpc) is 2.81. The van der Waals surface area contributed by atoms with E-state index in [0.29, 0.717) is 18.8 Å². The second-order valence-electron chi connectivity index (χ2n) is 4.66. The highest BCUT2D eigenvalue weighted by molar-refractivity contribution is 5.70. The van der Waals surface area contributed by atoms with Gasteiger partial charge in [-0.2, -0.15) is 0 Å². The summed E-state index contributed by atoms with van der Waals surface area (Å²) in [5.41, 5.74) is 8.51. The third kappa shape index (κ3) is 2.08. The molecule has 2 nitrogen and oxygen atoms in total. The second-order valence-corrected chi connectivity index (χ2v) is 4.66. The Morgan fingerprint density at radius 2 is 1.89 bits per heavy atom. The van der Waals surface area contributed by atoms with Gasteiger partial charge < -0.3 is 10.6 Å².